The molecule has 0 bridgehead atoms. The van der Waals surface area contributed by atoms with Crippen molar-refractivity contribution in [2.24, 2.45) is 0 Å². The van der Waals surface area contributed by atoms with Crippen molar-refractivity contribution >= 4 is 5.91 Å². The van der Waals surface area contributed by atoms with Crippen LogP contribution in [0.3, 0.4) is 0 Å². The number of aliphatic hydroxyl groups is 1. The predicted octanol–water partition coefficient (Wildman–Crippen LogP) is 0.313. The Morgan fingerprint density at radius 3 is 2.47 bits per heavy atom. The lowest BCUT2D eigenvalue weighted by Crippen LogP contribution is -2.48. The second kappa shape index (κ2) is 6.80. The molecule has 88 valence electrons. The van der Waals surface area contributed by atoms with Crippen molar-refractivity contribution in [1.82, 2.24) is 9.80 Å². The average Bonchev–Trinajstić information content (AvgIpc) is 2.27. The Morgan fingerprint density at radius 1 is 1.27 bits per heavy atom. The molecule has 0 unspecified atom stereocenters. The maximum Gasteiger partial charge on any atom is 0.222 e. The molecule has 1 aliphatic heterocycles. The highest BCUT2D eigenvalue weighted by molar-refractivity contribution is 5.76. The number of piperazine rings is 1. The van der Waals surface area contributed by atoms with E-state index in [-0.39, 0.29) is 12.5 Å². The van der Waals surface area contributed by atoms with Crippen LogP contribution in [0.5, 0.6) is 0 Å². The van der Waals surface area contributed by atoms with Crippen LogP contribution >= 0.6 is 0 Å². The highest BCUT2D eigenvalue weighted by Crippen LogP contribution is 2.05. The van der Waals surface area contributed by atoms with Crippen molar-refractivity contribution in [3.05, 3.63) is 0 Å². The van der Waals surface area contributed by atoms with E-state index in [9.17, 15) is 4.79 Å². The third-order valence-corrected chi connectivity index (χ3v) is 2.81. The molecule has 0 spiro atoms. The first-order valence-corrected chi connectivity index (χ1v) is 5.89. The Balaban J connectivity index is 2.21. The summed E-state index contributed by atoms with van der Waals surface area (Å²) in [6.45, 7) is 7.13. The fourth-order valence-electron chi connectivity index (χ4n) is 1.93. The van der Waals surface area contributed by atoms with Crippen molar-refractivity contribution < 1.29 is 9.90 Å². The second-order valence-corrected chi connectivity index (χ2v) is 4.05. The molecule has 0 atom stereocenters. The standard InChI is InChI=1S/C11H22N2O2/c1-2-5-12-6-8-13(9-7-12)11(15)4-3-10-14/h14H,2-10H2,1H3. The van der Waals surface area contributed by atoms with E-state index in [1.165, 1.54) is 6.42 Å². The number of amides is 1. The summed E-state index contributed by atoms with van der Waals surface area (Å²) >= 11 is 0. The molecule has 0 aromatic rings. The largest absolute Gasteiger partial charge is 0.396 e. The SMILES string of the molecule is CCCN1CCN(C(=O)CCCO)CC1. The van der Waals surface area contributed by atoms with E-state index in [4.69, 9.17) is 5.11 Å². The normalized spacial score (nSPS) is 18.1. The topological polar surface area (TPSA) is 43.8 Å². The quantitative estimate of drug-likeness (QED) is 0.716. The molecule has 0 radical (unpaired) electrons. The van der Waals surface area contributed by atoms with E-state index >= 15 is 0 Å². The lowest BCUT2D eigenvalue weighted by Gasteiger charge is -2.34. The molecule has 1 N–H and O–H groups in total. The van der Waals surface area contributed by atoms with Crippen LogP contribution in [0.15, 0.2) is 0 Å². The maximum atomic E-state index is 11.6. The van der Waals surface area contributed by atoms with Gasteiger partial charge in [0.05, 0.1) is 0 Å². The summed E-state index contributed by atoms with van der Waals surface area (Å²) in [5, 5.41) is 8.65. The van der Waals surface area contributed by atoms with Gasteiger partial charge in [-0.2, -0.15) is 0 Å². The van der Waals surface area contributed by atoms with Gasteiger partial charge in [-0.3, -0.25) is 9.69 Å². The maximum absolute atomic E-state index is 11.6. The van der Waals surface area contributed by atoms with Crippen LogP contribution in [0.1, 0.15) is 26.2 Å². The van der Waals surface area contributed by atoms with Gasteiger partial charge in [-0.15, -0.1) is 0 Å². The average molecular weight is 214 g/mol. The summed E-state index contributed by atoms with van der Waals surface area (Å²) in [5.74, 6) is 0.195. The van der Waals surface area contributed by atoms with Gasteiger partial charge < -0.3 is 10.0 Å². The van der Waals surface area contributed by atoms with Gasteiger partial charge in [-0.25, -0.2) is 0 Å². The third-order valence-electron chi connectivity index (χ3n) is 2.81. The van der Waals surface area contributed by atoms with Crippen molar-refractivity contribution in [3.63, 3.8) is 0 Å². The Bertz CT molecular complexity index is 189. The highest BCUT2D eigenvalue weighted by atomic mass is 16.3. The van der Waals surface area contributed by atoms with Crippen LogP contribution in [0.4, 0.5) is 0 Å². The summed E-state index contributed by atoms with van der Waals surface area (Å²) in [6.07, 6.45) is 2.26. The van der Waals surface area contributed by atoms with Gasteiger partial charge in [0.1, 0.15) is 0 Å². The zero-order valence-corrected chi connectivity index (χ0v) is 9.61. The summed E-state index contributed by atoms with van der Waals surface area (Å²) in [7, 11) is 0. The molecule has 1 saturated heterocycles. The Hall–Kier alpha value is -0.610. The number of carbonyl (C=O) groups excluding carboxylic acids is 1. The van der Waals surface area contributed by atoms with Crippen molar-refractivity contribution in [3.8, 4) is 0 Å². The zero-order chi connectivity index (χ0) is 11.1. The van der Waals surface area contributed by atoms with Gasteiger partial charge in [0.15, 0.2) is 0 Å². The van der Waals surface area contributed by atoms with E-state index in [1.807, 2.05) is 4.90 Å². The van der Waals surface area contributed by atoms with Crippen LogP contribution < -0.4 is 0 Å². The van der Waals surface area contributed by atoms with Crippen LogP contribution in [0.25, 0.3) is 0 Å². The first-order chi connectivity index (χ1) is 7.27. The number of carbonyl (C=O) groups is 1. The van der Waals surface area contributed by atoms with E-state index in [0.29, 0.717) is 12.8 Å². The fraction of sp³-hybridized carbons (Fsp3) is 0.909. The summed E-state index contributed by atoms with van der Waals surface area (Å²) < 4.78 is 0. The van der Waals surface area contributed by atoms with Gasteiger partial charge >= 0.3 is 0 Å². The van der Waals surface area contributed by atoms with Crippen molar-refractivity contribution in [2.45, 2.75) is 26.2 Å². The Kier molecular flexibility index (Phi) is 5.65. The van der Waals surface area contributed by atoms with Crippen LogP contribution in [0, 0.1) is 0 Å². The van der Waals surface area contributed by atoms with Crippen LogP contribution in [-0.4, -0.2) is 60.1 Å². The molecule has 1 heterocycles. The Labute approximate surface area is 91.9 Å². The number of nitrogens with zero attached hydrogens (tertiary/aromatic N) is 2. The van der Waals surface area contributed by atoms with E-state index < -0.39 is 0 Å². The molecule has 1 aliphatic rings. The molecule has 0 aromatic heterocycles. The molecule has 4 nitrogen and oxygen atoms in total. The molecule has 1 amide bonds. The van der Waals surface area contributed by atoms with E-state index in [2.05, 4.69) is 11.8 Å². The monoisotopic (exact) mass is 214 g/mol. The molecule has 1 rings (SSSR count). The van der Waals surface area contributed by atoms with Gasteiger partial charge in [0.2, 0.25) is 5.91 Å². The molecule has 0 aromatic carbocycles. The summed E-state index contributed by atoms with van der Waals surface area (Å²) in [4.78, 5) is 15.9. The second-order valence-electron chi connectivity index (χ2n) is 4.05. The molecule has 15 heavy (non-hydrogen) atoms. The van der Waals surface area contributed by atoms with E-state index in [0.717, 1.165) is 32.7 Å². The predicted molar refractivity (Wildman–Crippen MR) is 59.6 cm³/mol. The van der Waals surface area contributed by atoms with Crippen LogP contribution in [-0.2, 0) is 4.79 Å². The minimum absolute atomic E-state index is 0.113. The first-order valence-electron chi connectivity index (χ1n) is 5.89. The van der Waals surface area contributed by atoms with Gasteiger partial charge in [-0.05, 0) is 19.4 Å². The molecular weight excluding hydrogens is 192 g/mol. The summed E-state index contributed by atoms with van der Waals surface area (Å²) in [5.41, 5.74) is 0. The van der Waals surface area contributed by atoms with Gasteiger partial charge in [-0.1, -0.05) is 6.92 Å². The fourth-order valence-corrected chi connectivity index (χ4v) is 1.93. The van der Waals surface area contributed by atoms with Gasteiger partial charge in [0, 0.05) is 39.2 Å². The lowest BCUT2D eigenvalue weighted by atomic mass is 10.2. The zero-order valence-electron chi connectivity index (χ0n) is 9.61. The molecular formula is C11H22N2O2. The number of rotatable bonds is 5. The number of aliphatic hydroxyl groups excluding tert-OH is 1. The molecule has 0 aliphatic carbocycles. The highest BCUT2D eigenvalue weighted by Gasteiger charge is 2.19. The van der Waals surface area contributed by atoms with Crippen molar-refractivity contribution in [2.75, 3.05) is 39.3 Å². The smallest absolute Gasteiger partial charge is 0.222 e. The van der Waals surface area contributed by atoms with Crippen molar-refractivity contribution in [1.29, 1.82) is 0 Å². The number of hydrogen-bond acceptors (Lipinski definition) is 3. The lowest BCUT2D eigenvalue weighted by molar-refractivity contribution is -0.133. The first kappa shape index (κ1) is 12.5. The molecule has 1 fully saturated rings. The molecule has 4 heteroatoms. The van der Waals surface area contributed by atoms with Gasteiger partial charge in [0.25, 0.3) is 0 Å². The third kappa shape index (κ3) is 4.18. The number of hydrogen-bond donors (Lipinski definition) is 1. The minimum atomic E-state index is 0.113. The van der Waals surface area contributed by atoms with E-state index in [1.54, 1.807) is 0 Å². The minimum Gasteiger partial charge on any atom is -0.396 e. The molecule has 0 saturated carbocycles. The summed E-state index contributed by atoms with van der Waals surface area (Å²) in [6, 6.07) is 0. The van der Waals surface area contributed by atoms with Crippen LogP contribution in [0.2, 0.25) is 0 Å². The Morgan fingerprint density at radius 2 is 1.93 bits per heavy atom.